The van der Waals surface area contributed by atoms with Crippen molar-refractivity contribution in [3.8, 4) is 0 Å². The number of amides is 1. The molecule has 2 N–H and O–H groups in total. The van der Waals surface area contributed by atoms with E-state index >= 15 is 0 Å². The van der Waals surface area contributed by atoms with Gasteiger partial charge in [-0.1, -0.05) is 18.2 Å². The van der Waals surface area contributed by atoms with Crippen molar-refractivity contribution in [3.63, 3.8) is 0 Å². The Morgan fingerprint density at radius 3 is 2.41 bits per heavy atom. The maximum atomic E-state index is 11.8. The van der Waals surface area contributed by atoms with E-state index in [1.54, 1.807) is 14.1 Å². The van der Waals surface area contributed by atoms with Gasteiger partial charge in [0.25, 0.3) is 0 Å². The Morgan fingerprint density at radius 2 is 1.83 bits per heavy atom. The number of nitrogens with zero attached hydrogens (tertiary/aromatic N) is 3. The summed E-state index contributed by atoms with van der Waals surface area (Å²) in [4.78, 5) is 19.9. The van der Waals surface area contributed by atoms with Gasteiger partial charge < -0.3 is 20.4 Å². The predicted octanol–water partition coefficient (Wildman–Crippen LogP) is 0.960. The number of carbonyl (C=O) groups is 1. The number of aliphatic imine (C=N–C) groups is 1. The molecule has 1 rings (SSSR count). The van der Waals surface area contributed by atoms with Crippen LogP contribution in [-0.4, -0.2) is 84.0 Å². The number of hydrogen-bond acceptors (Lipinski definition) is 5. The van der Waals surface area contributed by atoms with Gasteiger partial charge in [-0.25, -0.2) is 13.4 Å². The predicted molar refractivity (Wildman–Crippen MR) is 120 cm³/mol. The molecule has 1 atom stereocenters. The van der Waals surface area contributed by atoms with E-state index in [-0.39, 0.29) is 24.2 Å². The first kappa shape index (κ1) is 24.7. The summed E-state index contributed by atoms with van der Waals surface area (Å²) in [7, 11) is 2.41. The van der Waals surface area contributed by atoms with Crippen LogP contribution in [0.4, 0.5) is 5.69 Å². The summed E-state index contributed by atoms with van der Waals surface area (Å²) in [6.07, 6.45) is 2.58. The van der Waals surface area contributed by atoms with E-state index in [4.69, 9.17) is 0 Å². The highest BCUT2D eigenvalue weighted by Crippen LogP contribution is 2.10. The second kappa shape index (κ2) is 12.3. The minimum absolute atomic E-state index is 0.0328. The summed E-state index contributed by atoms with van der Waals surface area (Å²) in [5, 5.41) is 6.43. The summed E-state index contributed by atoms with van der Waals surface area (Å²) in [5.74, 6) is 0.523. The van der Waals surface area contributed by atoms with E-state index in [0.29, 0.717) is 18.9 Å². The molecule has 0 saturated carbocycles. The number of para-hydroxylation sites is 1. The van der Waals surface area contributed by atoms with Crippen molar-refractivity contribution >= 4 is 27.4 Å². The number of sulfone groups is 1. The lowest BCUT2D eigenvalue weighted by atomic mass is 10.2. The Hall–Kier alpha value is -2.29. The third-order valence-electron chi connectivity index (χ3n) is 4.34. The largest absolute Gasteiger partial charge is 0.375 e. The van der Waals surface area contributed by atoms with Gasteiger partial charge in [0.15, 0.2) is 5.96 Å². The lowest BCUT2D eigenvalue weighted by molar-refractivity contribution is -0.127. The van der Waals surface area contributed by atoms with E-state index in [1.807, 2.05) is 32.2 Å². The number of hydrogen-bond donors (Lipinski definition) is 2. The molecule has 0 bridgehead atoms. The molecule has 29 heavy (non-hydrogen) atoms. The molecule has 9 heteroatoms. The van der Waals surface area contributed by atoms with Crippen LogP contribution in [0.5, 0.6) is 0 Å². The van der Waals surface area contributed by atoms with Crippen molar-refractivity contribution in [2.45, 2.75) is 25.8 Å². The topological polar surface area (TPSA) is 94.1 Å². The Kier molecular flexibility index (Phi) is 10.5. The second-order valence-electron chi connectivity index (χ2n) is 7.45. The van der Waals surface area contributed by atoms with Crippen LogP contribution in [0.15, 0.2) is 35.3 Å². The third kappa shape index (κ3) is 11.3. The fourth-order valence-corrected chi connectivity index (χ4v) is 3.25. The minimum Gasteiger partial charge on any atom is -0.375 e. The summed E-state index contributed by atoms with van der Waals surface area (Å²) >= 11 is 0. The van der Waals surface area contributed by atoms with Gasteiger partial charge in [-0.15, -0.1) is 0 Å². The van der Waals surface area contributed by atoms with Crippen LogP contribution in [0.3, 0.4) is 0 Å². The first-order valence-corrected chi connectivity index (χ1v) is 11.8. The van der Waals surface area contributed by atoms with Crippen LogP contribution in [0.1, 0.15) is 19.8 Å². The average molecular weight is 426 g/mol. The number of nitrogens with one attached hydrogen (secondary N) is 2. The van der Waals surface area contributed by atoms with Gasteiger partial charge in [0.05, 0.1) is 5.75 Å². The molecule has 1 aromatic carbocycles. The lowest BCUT2D eigenvalue weighted by Crippen LogP contribution is -2.44. The zero-order valence-electron chi connectivity index (χ0n) is 18.2. The monoisotopic (exact) mass is 425 g/mol. The molecule has 0 fully saturated rings. The first-order valence-electron chi connectivity index (χ1n) is 9.77. The highest BCUT2D eigenvalue weighted by molar-refractivity contribution is 7.90. The highest BCUT2D eigenvalue weighted by Gasteiger charge is 2.11. The van der Waals surface area contributed by atoms with Crippen molar-refractivity contribution in [1.29, 1.82) is 0 Å². The molecule has 0 aliphatic carbocycles. The molecule has 0 saturated heterocycles. The first-order chi connectivity index (χ1) is 13.6. The van der Waals surface area contributed by atoms with E-state index in [9.17, 15) is 13.2 Å². The average Bonchev–Trinajstić information content (AvgIpc) is 2.67. The Bertz CT molecular complexity index is 751. The number of rotatable bonds is 11. The number of likely N-dealkylation sites (N-methyl/N-ethyl adjacent to an activating group) is 1. The van der Waals surface area contributed by atoms with Crippen molar-refractivity contribution in [2.75, 3.05) is 57.7 Å². The molecule has 0 spiro atoms. The van der Waals surface area contributed by atoms with Crippen LogP contribution >= 0.6 is 0 Å². The van der Waals surface area contributed by atoms with Crippen molar-refractivity contribution in [1.82, 2.24) is 15.5 Å². The van der Waals surface area contributed by atoms with Gasteiger partial charge in [-0.2, -0.15) is 0 Å². The summed E-state index contributed by atoms with van der Waals surface area (Å²) < 4.78 is 22.7. The molecule has 1 unspecified atom stereocenters. The molecule has 0 aliphatic rings. The molecule has 0 heterocycles. The standard InChI is InChI=1S/C20H35N5O3S/c1-17(12-15-29(5,27)28)23-20(22-16-19(26)24(2)3)21-13-9-14-25(4)18-10-7-6-8-11-18/h6-8,10-11,17H,9,12-16H2,1-5H3,(H2,21,22,23). The Labute approximate surface area is 175 Å². The number of anilines is 1. The lowest BCUT2D eigenvalue weighted by Gasteiger charge is -2.21. The third-order valence-corrected chi connectivity index (χ3v) is 5.31. The van der Waals surface area contributed by atoms with Gasteiger partial charge >= 0.3 is 0 Å². The fourth-order valence-electron chi connectivity index (χ4n) is 2.47. The van der Waals surface area contributed by atoms with Gasteiger partial charge in [0.2, 0.25) is 5.91 Å². The number of benzene rings is 1. The van der Waals surface area contributed by atoms with Crippen LogP contribution in [-0.2, 0) is 14.6 Å². The molecule has 0 radical (unpaired) electrons. The molecule has 0 aromatic heterocycles. The van der Waals surface area contributed by atoms with Crippen molar-refractivity contribution < 1.29 is 13.2 Å². The zero-order valence-corrected chi connectivity index (χ0v) is 19.0. The van der Waals surface area contributed by atoms with Crippen LogP contribution in [0, 0.1) is 0 Å². The van der Waals surface area contributed by atoms with Crippen molar-refractivity contribution in [2.24, 2.45) is 4.99 Å². The quantitative estimate of drug-likeness (QED) is 0.312. The maximum absolute atomic E-state index is 11.8. The molecule has 8 nitrogen and oxygen atoms in total. The molecule has 0 aliphatic heterocycles. The highest BCUT2D eigenvalue weighted by atomic mass is 32.2. The minimum atomic E-state index is -3.02. The van der Waals surface area contributed by atoms with Gasteiger partial charge in [0.1, 0.15) is 16.4 Å². The smallest absolute Gasteiger partial charge is 0.243 e. The van der Waals surface area contributed by atoms with Gasteiger partial charge in [0, 0.05) is 52.2 Å². The van der Waals surface area contributed by atoms with Crippen LogP contribution < -0.4 is 15.5 Å². The molecule has 1 amide bonds. The van der Waals surface area contributed by atoms with Crippen LogP contribution in [0.2, 0.25) is 0 Å². The molecule has 164 valence electrons. The van der Waals surface area contributed by atoms with Gasteiger partial charge in [-0.05, 0) is 31.9 Å². The summed E-state index contributed by atoms with van der Waals surface area (Å²) in [6, 6.07) is 10.1. The molecular weight excluding hydrogens is 390 g/mol. The molecule has 1 aromatic rings. The number of carbonyl (C=O) groups excluding carboxylic acids is 1. The van der Waals surface area contributed by atoms with Crippen LogP contribution in [0.25, 0.3) is 0 Å². The van der Waals surface area contributed by atoms with Gasteiger partial charge in [-0.3, -0.25) is 4.79 Å². The van der Waals surface area contributed by atoms with E-state index in [0.717, 1.165) is 18.7 Å². The van der Waals surface area contributed by atoms with E-state index in [1.165, 1.54) is 11.2 Å². The fraction of sp³-hybridized carbons (Fsp3) is 0.600. The SMILES string of the molecule is CC(CCS(C)(=O)=O)NC(=NCC(=O)N(C)C)NCCCN(C)c1ccccc1. The zero-order chi connectivity index (χ0) is 21.9. The summed E-state index contributed by atoms with van der Waals surface area (Å²) in [6.45, 7) is 3.48. The van der Waals surface area contributed by atoms with E-state index in [2.05, 4.69) is 32.7 Å². The van der Waals surface area contributed by atoms with E-state index < -0.39 is 9.84 Å². The maximum Gasteiger partial charge on any atom is 0.243 e. The Morgan fingerprint density at radius 1 is 1.17 bits per heavy atom. The number of guanidine groups is 1. The second-order valence-corrected chi connectivity index (χ2v) is 9.71. The van der Waals surface area contributed by atoms with Crippen molar-refractivity contribution in [3.05, 3.63) is 30.3 Å². The normalized spacial score (nSPS) is 12.9. The summed E-state index contributed by atoms with van der Waals surface area (Å²) in [5.41, 5.74) is 1.16. The Balaban J connectivity index is 2.56. The molecular formula is C20H35N5O3S.